The van der Waals surface area contributed by atoms with E-state index in [1.165, 1.54) is 23.9 Å². The maximum atomic E-state index is 12.4. The summed E-state index contributed by atoms with van der Waals surface area (Å²) in [4.78, 5) is 18.2. The number of benzene rings is 1. The van der Waals surface area contributed by atoms with E-state index in [2.05, 4.69) is 9.73 Å². The van der Waals surface area contributed by atoms with Crippen molar-refractivity contribution < 1.29 is 31.1 Å². The molecular formula is C17H19F3N2O4S2. The van der Waals surface area contributed by atoms with Gasteiger partial charge in [-0.15, -0.1) is 13.2 Å². The van der Waals surface area contributed by atoms with Crippen molar-refractivity contribution in [3.8, 4) is 5.75 Å². The SMILES string of the molecule is CC(C)(C)C(=O)N=C1S[C@H]2CS(=O)(=O)C[C@H]2N1c1ccc(OC(F)(F)F)cc1. The number of amidine groups is 1. The van der Waals surface area contributed by atoms with Crippen LogP contribution in [0.25, 0.3) is 0 Å². The topological polar surface area (TPSA) is 76.0 Å². The minimum absolute atomic E-state index is 0.0309. The van der Waals surface area contributed by atoms with Gasteiger partial charge in [0, 0.05) is 16.4 Å². The Balaban J connectivity index is 1.95. The fraction of sp³-hybridized carbons (Fsp3) is 0.529. The monoisotopic (exact) mass is 436 g/mol. The molecule has 2 aliphatic rings. The molecule has 2 saturated heterocycles. The Morgan fingerprint density at radius 3 is 2.32 bits per heavy atom. The van der Waals surface area contributed by atoms with Gasteiger partial charge in [-0.3, -0.25) is 4.79 Å². The van der Waals surface area contributed by atoms with Crippen molar-refractivity contribution in [1.29, 1.82) is 0 Å². The van der Waals surface area contributed by atoms with Crippen LogP contribution in [0.5, 0.6) is 5.75 Å². The lowest BCUT2D eigenvalue weighted by molar-refractivity contribution is -0.274. The number of fused-ring (bicyclic) bond motifs is 1. The third kappa shape index (κ3) is 4.62. The zero-order valence-corrected chi connectivity index (χ0v) is 17.0. The van der Waals surface area contributed by atoms with Crippen molar-refractivity contribution in [2.45, 2.75) is 38.4 Å². The zero-order valence-electron chi connectivity index (χ0n) is 15.4. The first-order valence-corrected chi connectivity index (χ1v) is 11.1. The van der Waals surface area contributed by atoms with E-state index in [0.29, 0.717) is 10.9 Å². The molecule has 1 aromatic carbocycles. The number of nitrogens with zero attached hydrogens (tertiary/aromatic N) is 2. The van der Waals surface area contributed by atoms with Gasteiger partial charge in [0.2, 0.25) is 0 Å². The minimum atomic E-state index is -4.80. The maximum absolute atomic E-state index is 12.4. The first-order valence-electron chi connectivity index (χ1n) is 8.40. The van der Waals surface area contributed by atoms with Crippen LogP contribution in [0.15, 0.2) is 29.3 Å². The lowest BCUT2D eigenvalue weighted by Gasteiger charge is -2.25. The molecule has 6 nitrogen and oxygen atoms in total. The molecule has 2 atom stereocenters. The molecule has 3 rings (SSSR count). The molecule has 1 aromatic rings. The number of carbonyl (C=O) groups excluding carboxylic acids is 1. The highest BCUT2D eigenvalue weighted by atomic mass is 32.2. The smallest absolute Gasteiger partial charge is 0.406 e. The van der Waals surface area contributed by atoms with Crippen molar-refractivity contribution >= 4 is 38.4 Å². The summed E-state index contributed by atoms with van der Waals surface area (Å²) >= 11 is 1.21. The standard InChI is InChI=1S/C17H19F3N2O4S2/c1-16(2,3)14(23)21-15-22(12-8-28(24,25)9-13(12)27-15)10-4-6-11(7-5-10)26-17(18,19)20/h4-7,12-13H,8-9H2,1-3H3/t12-,13+/m1/s1. The molecule has 1 amide bonds. The van der Waals surface area contributed by atoms with Crippen LogP contribution in [0.2, 0.25) is 0 Å². The lowest BCUT2D eigenvalue weighted by atomic mass is 9.96. The third-order valence-electron chi connectivity index (χ3n) is 4.25. The number of ether oxygens (including phenoxy) is 1. The molecule has 2 fully saturated rings. The molecule has 0 N–H and O–H groups in total. The second-order valence-electron chi connectivity index (χ2n) is 7.66. The molecule has 0 radical (unpaired) electrons. The van der Waals surface area contributed by atoms with Crippen molar-refractivity contribution in [3.05, 3.63) is 24.3 Å². The number of halogens is 3. The summed E-state index contributed by atoms with van der Waals surface area (Å²) in [5.41, 5.74) is -0.264. The van der Waals surface area contributed by atoms with Crippen molar-refractivity contribution in [2.24, 2.45) is 10.4 Å². The Hall–Kier alpha value is -1.75. The summed E-state index contributed by atoms with van der Waals surface area (Å²) in [6.45, 7) is 5.16. The number of carbonyl (C=O) groups is 1. The number of sulfone groups is 1. The number of anilines is 1. The molecule has 11 heteroatoms. The molecule has 0 spiro atoms. The second kappa shape index (κ2) is 6.94. The van der Waals surface area contributed by atoms with Crippen LogP contribution in [-0.2, 0) is 14.6 Å². The molecule has 28 heavy (non-hydrogen) atoms. The highest BCUT2D eigenvalue weighted by Crippen LogP contribution is 2.41. The highest BCUT2D eigenvalue weighted by Gasteiger charge is 2.49. The Morgan fingerprint density at radius 1 is 1.18 bits per heavy atom. The van der Waals surface area contributed by atoms with E-state index in [1.807, 2.05) is 0 Å². The average Bonchev–Trinajstić information content (AvgIpc) is 2.96. The fourth-order valence-electron chi connectivity index (χ4n) is 2.93. The van der Waals surface area contributed by atoms with Gasteiger partial charge in [0.1, 0.15) is 5.75 Å². The number of aliphatic imine (C=N–C) groups is 1. The second-order valence-corrected chi connectivity index (χ2v) is 11.0. The van der Waals surface area contributed by atoms with Crippen molar-refractivity contribution in [3.63, 3.8) is 0 Å². The molecule has 2 aliphatic heterocycles. The van der Waals surface area contributed by atoms with Gasteiger partial charge in [0.25, 0.3) is 5.91 Å². The summed E-state index contributed by atoms with van der Waals surface area (Å²) in [6.07, 6.45) is -4.80. The summed E-state index contributed by atoms with van der Waals surface area (Å²) in [5.74, 6) is -0.881. The van der Waals surface area contributed by atoms with E-state index in [4.69, 9.17) is 0 Å². The van der Waals surface area contributed by atoms with Crippen LogP contribution < -0.4 is 9.64 Å². The lowest BCUT2D eigenvalue weighted by Crippen LogP contribution is -2.38. The Bertz CT molecular complexity index is 906. The summed E-state index contributed by atoms with van der Waals surface area (Å²) in [6, 6.07) is 4.65. The van der Waals surface area contributed by atoms with Gasteiger partial charge in [-0.05, 0) is 24.3 Å². The molecule has 0 saturated carbocycles. The third-order valence-corrected chi connectivity index (χ3v) is 7.46. The van der Waals surface area contributed by atoms with E-state index in [0.717, 1.165) is 12.1 Å². The molecule has 0 aliphatic carbocycles. The van der Waals surface area contributed by atoms with Gasteiger partial charge in [-0.1, -0.05) is 32.5 Å². The fourth-order valence-corrected chi connectivity index (χ4v) is 6.84. The van der Waals surface area contributed by atoms with Crippen LogP contribution in [0.1, 0.15) is 20.8 Å². The number of rotatable bonds is 2. The van der Waals surface area contributed by atoms with E-state index in [-0.39, 0.29) is 28.4 Å². The Labute approximate surface area is 165 Å². The summed E-state index contributed by atoms with van der Waals surface area (Å²) < 4.78 is 65.0. The van der Waals surface area contributed by atoms with Crippen LogP contribution >= 0.6 is 11.8 Å². The van der Waals surface area contributed by atoms with Gasteiger partial charge in [0.05, 0.1) is 17.5 Å². The predicted molar refractivity (Wildman–Crippen MR) is 101 cm³/mol. The first kappa shape index (κ1) is 21.0. The van der Waals surface area contributed by atoms with E-state index in [9.17, 15) is 26.4 Å². The van der Waals surface area contributed by atoms with Crippen LogP contribution in [0.4, 0.5) is 18.9 Å². The first-order chi connectivity index (χ1) is 12.8. The molecule has 0 unspecified atom stereocenters. The average molecular weight is 436 g/mol. The Morgan fingerprint density at radius 2 is 1.79 bits per heavy atom. The molecule has 2 heterocycles. The minimum Gasteiger partial charge on any atom is -0.406 e. The predicted octanol–water partition coefficient (Wildman–Crippen LogP) is 3.23. The van der Waals surface area contributed by atoms with Crippen LogP contribution in [-0.4, -0.2) is 48.7 Å². The van der Waals surface area contributed by atoms with Gasteiger partial charge >= 0.3 is 6.36 Å². The quantitative estimate of drug-likeness (QED) is 0.709. The van der Waals surface area contributed by atoms with Gasteiger partial charge in [-0.25, -0.2) is 8.42 Å². The zero-order chi connectivity index (χ0) is 20.9. The number of alkyl halides is 3. The van der Waals surface area contributed by atoms with E-state index in [1.54, 1.807) is 25.7 Å². The van der Waals surface area contributed by atoms with Gasteiger partial charge in [0.15, 0.2) is 15.0 Å². The number of hydrogen-bond donors (Lipinski definition) is 0. The van der Waals surface area contributed by atoms with Gasteiger partial charge < -0.3 is 9.64 Å². The van der Waals surface area contributed by atoms with Crippen molar-refractivity contribution in [2.75, 3.05) is 16.4 Å². The van der Waals surface area contributed by atoms with E-state index >= 15 is 0 Å². The largest absolute Gasteiger partial charge is 0.573 e. The maximum Gasteiger partial charge on any atom is 0.573 e. The molecular weight excluding hydrogens is 417 g/mol. The normalized spacial score (nSPS) is 25.8. The highest BCUT2D eigenvalue weighted by molar-refractivity contribution is 8.16. The van der Waals surface area contributed by atoms with Crippen molar-refractivity contribution in [1.82, 2.24) is 0 Å². The molecule has 0 bridgehead atoms. The van der Waals surface area contributed by atoms with Gasteiger partial charge in [-0.2, -0.15) is 4.99 Å². The van der Waals surface area contributed by atoms with E-state index < -0.39 is 27.7 Å². The Kier molecular flexibility index (Phi) is 5.20. The number of amides is 1. The van der Waals surface area contributed by atoms with Crippen LogP contribution in [0, 0.1) is 5.41 Å². The molecule has 0 aromatic heterocycles. The number of hydrogen-bond acceptors (Lipinski definition) is 5. The van der Waals surface area contributed by atoms with Crippen LogP contribution in [0.3, 0.4) is 0 Å². The number of thioether (sulfide) groups is 1. The summed E-state index contributed by atoms with van der Waals surface area (Å²) in [7, 11) is -3.23. The summed E-state index contributed by atoms with van der Waals surface area (Å²) in [5, 5.41) is 0.0666. The molecule has 154 valence electrons.